The van der Waals surface area contributed by atoms with Gasteiger partial charge in [0.05, 0.1) is 12.2 Å². The van der Waals surface area contributed by atoms with Gasteiger partial charge in [-0.1, -0.05) is 0 Å². The first-order valence-corrected chi connectivity index (χ1v) is 9.15. The van der Waals surface area contributed by atoms with Crippen LogP contribution in [0.3, 0.4) is 0 Å². The van der Waals surface area contributed by atoms with E-state index in [9.17, 15) is 50.8 Å². The van der Waals surface area contributed by atoms with Crippen LogP contribution in [0.4, 0.5) is 0 Å². The monoisotopic (exact) mass is 450 g/mol. The molecular weight excluding hydrogens is 432 g/mol. The van der Waals surface area contributed by atoms with Gasteiger partial charge in [-0.05, 0) is 18.2 Å². The lowest BCUT2D eigenvalue weighted by molar-refractivity contribution is -0.330. The van der Waals surface area contributed by atoms with E-state index in [0.29, 0.717) is 0 Å². The van der Waals surface area contributed by atoms with Crippen molar-refractivity contribution < 1.29 is 55.1 Å². The Morgan fingerprint density at radius 2 is 1.59 bits per heavy atom. The summed E-state index contributed by atoms with van der Waals surface area (Å²) in [5.41, 5.74) is -2.59. The normalized spacial score (nSPS) is 25.8. The highest BCUT2D eigenvalue weighted by Crippen LogP contribution is 2.47. The van der Waals surface area contributed by atoms with E-state index in [-0.39, 0.29) is 5.56 Å². The Labute approximate surface area is 177 Å². The molecule has 170 valence electrons. The summed E-state index contributed by atoms with van der Waals surface area (Å²) in [4.78, 5) is 12.8. The minimum absolute atomic E-state index is 0.0263. The van der Waals surface area contributed by atoms with Gasteiger partial charge in [0.1, 0.15) is 40.8 Å². The maximum absolute atomic E-state index is 12.8. The van der Waals surface area contributed by atoms with Gasteiger partial charge < -0.3 is 55.1 Å². The van der Waals surface area contributed by atoms with E-state index in [0.717, 1.165) is 18.2 Å². The number of ether oxygens (including phenoxy) is 1. The van der Waals surface area contributed by atoms with Gasteiger partial charge in [-0.2, -0.15) is 0 Å². The van der Waals surface area contributed by atoms with Crippen LogP contribution in [-0.2, 0) is 10.5 Å². The molecule has 0 unspecified atom stereocenters. The number of hydrogen-bond acceptors (Lipinski definition) is 12. The Kier molecular flexibility index (Phi) is 4.91. The number of phenols is 4. The average molecular weight is 450 g/mol. The van der Waals surface area contributed by atoms with Gasteiger partial charge in [-0.25, -0.2) is 0 Å². The topological polar surface area (TPSA) is 222 Å². The van der Waals surface area contributed by atoms with Gasteiger partial charge in [0, 0.05) is 11.6 Å². The molecule has 12 nitrogen and oxygen atoms in total. The van der Waals surface area contributed by atoms with E-state index < -0.39 is 87.2 Å². The van der Waals surface area contributed by atoms with Gasteiger partial charge in [0.25, 0.3) is 0 Å². The SMILES string of the molecule is O=c1c(O)c(-c2ccc(O)c(O)c2)oc2cc(O)c([C@]3(O)OC[C@@H](O)[C@H](O)[C@H]3O)c(O)c12. The molecule has 1 aliphatic rings. The van der Waals surface area contributed by atoms with Crippen molar-refractivity contribution in [2.24, 2.45) is 0 Å². The van der Waals surface area contributed by atoms with Crippen LogP contribution in [0.15, 0.2) is 33.5 Å². The van der Waals surface area contributed by atoms with E-state index in [1.54, 1.807) is 0 Å². The number of aliphatic hydroxyl groups excluding tert-OH is 3. The Morgan fingerprint density at radius 1 is 0.906 bits per heavy atom. The Balaban J connectivity index is 1.96. The molecule has 4 atom stereocenters. The van der Waals surface area contributed by atoms with Gasteiger partial charge in [0.2, 0.25) is 17.0 Å². The number of aromatic hydroxyl groups is 5. The standard InChI is InChI=1S/C20H18O12/c21-7-2-1-6(3-8(7)22)18-17(28)16(27)12-11(32-18)4-9(23)13(15(12)26)20(30)19(29)14(25)10(24)5-31-20/h1-4,10,14,19,21-26,28-30H,5H2/t10-,14+,19-,20+/m1/s1. The summed E-state index contributed by atoms with van der Waals surface area (Å²) in [7, 11) is 0. The molecule has 0 bridgehead atoms. The molecule has 32 heavy (non-hydrogen) atoms. The van der Waals surface area contributed by atoms with Crippen LogP contribution < -0.4 is 5.43 Å². The number of hydrogen-bond donors (Lipinski definition) is 9. The van der Waals surface area contributed by atoms with E-state index in [4.69, 9.17) is 9.15 Å². The maximum Gasteiger partial charge on any atom is 0.238 e. The number of aliphatic hydroxyl groups is 4. The molecule has 4 rings (SSSR count). The Morgan fingerprint density at radius 3 is 2.25 bits per heavy atom. The van der Waals surface area contributed by atoms with Crippen molar-refractivity contribution in [3.63, 3.8) is 0 Å². The molecule has 2 aromatic carbocycles. The molecular formula is C20H18O12. The highest BCUT2D eigenvalue weighted by Gasteiger charge is 2.52. The average Bonchev–Trinajstić information content (AvgIpc) is 2.74. The quantitative estimate of drug-likeness (QED) is 0.220. The van der Waals surface area contributed by atoms with Crippen molar-refractivity contribution in [1.82, 2.24) is 0 Å². The predicted octanol–water partition coefficient (Wildman–Crippen LogP) is -0.754. The van der Waals surface area contributed by atoms with Crippen molar-refractivity contribution >= 4 is 11.0 Å². The van der Waals surface area contributed by atoms with Crippen LogP contribution in [0.1, 0.15) is 5.56 Å². The third-order valence-corrected chi connectivity index (χ3v) is 5.30. The predicted molar refractivity (Wildman–Crippen MR) is 104 cm³/mol. The zero-order valence-corrected chi connectivity index (χ0v) is 16.0. The summed E-state index contributed by atoms with van der Waals surface area (Å²) >= 11 is 0. The second kappa shape index (κ2) is 7.25. The van der Waals surface area contributed by atoms with Crippen LogP contribution in [0.25, 0.3) is 22.3 Å². The van der Waals surface area contributed by atoms with Crippen LogP contribution >= 0.6 is 0 Å². The van der Waals surface area contributed by atoms with Crippen LogP contribution in [0.5, 0.6) is 28.7 Å². The molecule has 12 heteroatoms. The third kappa shape index (κ3) is 3.01. The fourth-order valence-electron chi connectivity index (χ4n) is 3.58. The second-order valence-corrected chi connectivity index (χ2v) is 7.32. The number of phenolic OH excluding ortho intramolecular Hbond substituents is 4. The van der Waals surface area contributed by atoms with Crippen LogP contribution in [0.2, 0.25) is 0 Å². The van der Waals surface area contributed by atoms with E-state index in [1.807, 2.05) is 0 Å². The largest absolute Gasteiger partial charge is 0.507 e. The molecule has 0 radical (unpaired) electrons. The van der Waals surface area contributed by atoms with Crippen molar-refractivity contribution in [3.05, 3.63) is 40.1 Å². The van der Waals surface area contributed by atoms with Gasteiger partial charge in [-0.3, -0.25) is 4.79 Å². The van der Waals surface area contributed by atoms with E-state index in [2.05, 4.69) is 0 Å². The van der Waals surface area contributed by atoms with E-state index >= 15 is 0 Å². The molecule has 0 amide bonds. The first-order valence-electron chi connectivity index (χ1n) is 9.15. The number of fused-ring (bicyclic) bond motifs is 1. The lowest BCUT2D eigenvalue weighted by atomic mass is 9.89. The number of benzene rings is 2. The summed E-state index contributed by atoms with van der Waals surface area (Å²) < 4.78 is 10.4. The van der Waals surface area contributed by atoms with Gasteiger partial charge in [0.15, 0.2) is 17.3 Å². The molecule has 1 fully saturated rings. The molecule has 3 aromatic rings. The maximum atomic E-state index is 12.8. The minimum Gasteiger partial charge on any atom is -0.507 e. The first-order chi connectivity index (χ1) is 15.0. The Bertz CT molecular complexity index is 1280. The summed E-state index contributed by atoms with van der Waals surface area (Å²) in [5, 5.41) is 90.3. The lowest BCUT2D eigenvalue weighted by Gasteiger charge is -2.42. The first kappa shape index (κ1) is 21.7. The molecule has 0 aliphatic carbocycles. The van der Waals surface area contributed by atoms with Crippen LogP contribution in [-0.4, -0.2) is 70.9 Å². The minimum atomic E-state index is -2.93. The molecule has 0 spiro atoms. The highest BCUT2D eigenvalue weighted by atomic mass is 16.6. The molecule has 1 aliphatic heterocycles. The lowest BCUT2D eigenvalue weighted by Crippen LogP contribution is -2.59. The zero-order chi connectivity index (χ0) is 23.5. The van der Waals surface area contributed by atoms with Crippen molar-refractivity contribution in [2.75, 3.05) is 6.61 Å². The molecule has 1 saturated heterocycles. The third-order valence-electron chi connectivity index (χ3n) is 5.30. The van der Waals surface area contributed by atoms with Gasteiger partial charge in [-0.15, -0.1) is 0 Å². The summed E-state index contributed by atoms with van der Waals surface area (Å²) in [5.74, 6) is -7.47. The van der Waals surface area contributed by atoms with Crippen molar-refractivity contribution in [1.29, 1.82) is 0 Å². The summed E-state index contributed by atoms with van der Waals surface area (Å²) in [6.07, 6.45) is -5.73. The highest BCUT2D eigenvalue weighted by molar-refractivity contribution is 5.90. The summed E-state index contributed by atoms with van der Waals surface area (Å²) in [6, 6.07) is 4.08. The van der Waals surface area contributed by atoms with Crippen molar-refractivity contribution in [3.8, 4) is 40.1 Å². The molecule has 2 heterocycles. The number of rotatable bonds is 2. The fourth-order valence-corrected chi connectivity index (χ4v) is 3.58. The fraction of sp³-hybridized carbons (Fsp3) is 0.250. The van der Waals surface area contributed by atoms with Gasteiger partial charge >= 0.3 is 0 Å². The van der Waals surface area contributed by atoms with Crippen molar-refractivity contribution in [2.45, 2.75) is 24.1 Å². The Hall–Kier alpha value is -3.55. The molecule has 9 N–H and O–H groups in total. The molecule has 1 aromatic heterocycles. The summed E-state index contributed by atoms with van der Waals surface area (Å²) in [6.45, 7) is -0.686. The van der Waals surface area contributed by atoms with Crippen LogP contribution in [0, 0.1) is 0 Å². The molecule has 0 saturated carbocycles. The zero-order valence-electron chi connectivity index (χ0n) is 16.0. The second-order valence-electron chi connectivity index (χ2n) is 7.32. The smallest absolute Gasteiger partial charge is 0.238 e. The van der Waals surface area contributed by atoms with E-state index in [1.165, 1.54) is 6.07 Å².